The molecule has 0 saturated heterocycles. The molecule has 2 unspecified atom stereocenters. The Hall–Kier alpha value is -1.75. The molecule has 0 spiro atoms. The van der Waals surface area contributed by atoms with Crippen LogP contribution in [0.4, 0.5) is 0 Å². The number of aryl methyl sites for hydroxylation is 1. The summed E-state index contributed by atoms with van der Waals surface area (Å²) in [6.45, 7) is 3.86. The fraction of sp³-hybridized carbons (Fsp3) is 0.471. The van der Waals surface area contributed by atoms with Gasteiger partial charge in [0, 0.05) is 19.8 Å². The minimum Gasteiger partial charge on any atom is -0.508 e. The highest BCUT2D eigenvalue weighted by atomic mass is 16.3. The maximum atomic E-state index is 12.3. The first-order valence-electron chi connectivity index (χ1n) is 7.76. The van der Waals surface area contributed by atoms with Crippen LogP contribution in [0.3, 0.4) is 0 Å². The second kappa shape index (κ2) is 7.63. The Morgan fingerprint density at radius 2 is 2.42 bits per heavy atom. The van der Waals surface area contributed by atoms with Gasteiger partial charge in [0.05, 0.1) is 0 Å². The van der Waals surface area contributed by atoms with Crippen molar-refractivity contribution in [1.29, 1.82) is 0 Å². The van der Waals surface area contributed by atoms with Gasteiger partial charge in [0.1, 0.15) is 7.12 Å². The van der Waals surface area contributed by atoms with E-state index in [1.54, 1.807) is 19.1 Å². The molecule has 0 aliphatic heterocycles. The van der Waals surface area contributed by atoms with E-state index in [1.165, 1.54) is 6.07 Å². The lowest BCUT2D eigenvalue weighted by molar-refractivity contribution is 0.0965. The zero-order valence-corrected chi connectivity index (χ0v) is 11.6. The number of aromatic hydroxyl groups is 1. The van der Waals surface area contributed by atoms with Gasteiger partial charge in [-0.15, -0.1) is 12.3 Å². The number of phenolic OH excluding ortho intramolecular Hbond substituents is 1. The van der Waals surface area contributed by atoms with Crippen molar-refractivity contribution in [2.75, 3.05) is 0 Å². The van der Waals surface area contributed by atoms with Gasteiger partial charge < -0.3 is 5.11 Å². The summed E-state index contributed by atoms with van der Waals surface area (Å²) < 4.78 is 14.8. The predicted molar refractivity (Wildman–Crippen MR) is 78.3 cm³/mol. The summed E-state index contributed by atoms with van der Waals surface area (Å²) in [5.41, 5.74) is 1.22. The van der Waals surface area contributed by atoms with Crippen molar-refractivity contribution in [2.24, 2.45) is 5.92 Å². The van der Waals surface area contributed by atoms with Crippen molar-refractivity contribution in [3.63, 3.8) is 0 Å². The van der Waals surface area contributed by atoms with Crippen molar-refractivity contribution >= 4 is 5.78 Å². The van der Waals surface area contributed by atoms with E-state index in [4.69, 9.17) is 2.74 Å². The summed E-state index contributed by atoms with van der Waals surface area (Å²) in [4.78, 5) is 12.3. The van der Waals surface area contributed by atoms with Crippen LogP contribution >= 0.6 is 0 Å². The van der Waals surface area contributed by atoms with Crippen LogP contribution in [-0.2, 0) is 6.42 Å². The number of ketones is 1. The van der Waals surface area contributed by atoms with E-state index in [2.05, 4.69) is 12.8 Å². The molecular weight excluding hydrogens is 236 g/mol. The number of carbonyl (C=O) groups excluding carboxylic acids is 1. The van der Waals surface area contributed by atoms with Gasteiger partial charge in [0.25, 0.3) is 0 Å². The minimum atomic E-state index is -0.894. The largest absolute Gasteiger partial charge is 0.508 e. The average Bonchev–Trinajstić information content (AvgIpc) is 2.50. The molecule has 1 aromatic rings. The van der Waals surface area contributed by atoms with Gasteiger partial charge in [0.15, 0.2) is 5.78 Å². The number of terminal acetylenes is 1. The molecule has 1 rings (SSSR count). The van der Waals surface area contributed by atoms with Crippen LogP contribution in [-0.4, -0.2) is 10.9 Å². The Labute approximate surface area is 118 Å². The van der Waals surface area contributed by atoms with Crippen molar-refractivity contribution in [1.82, 2.24) is 0 Å². The lowest BCUT2D eigenvalue weighted by Crippen LogP contribution is -2.06. The first-order valence-corrected chi connectivity index (χ1v) is 6.69. The Balaban J connectivity index is 2.88. The molecule has 1 aromatic carbocycles. The number of rotatable bonds is 7. The number of hydrogen-bond acceptors (Lipinski definition) is 2. The van der Waals surface area contributed by atoms with Crippen LogP contribution in [0.15, 0.2) is 18.2 Å². The smallest absolute Gasteiger partial charge is 0.163 e. The van der Waals surface area contributed by atoms with Gasteiger partial charge in [-0.25, -0.2) is 0 Å². The topological polar surface area (TPSA) is 37.3 Å². The van der Waals surface area contributed by atoms with Crippen molar-refractivity contribution < 1.29 is 12.6 Å². The van der Waals surface area contributed by atoms with E-state index in [0.29, 0.717) is 12.0 Å². The highest BCUT2D eigenvalue weighted by Gasteiger charge is 2.12. The molecule has 102 valence electrons. The van der Waals surface area contributed by atoms with Crippen LogP contribution in [0.5, 0.6) is 5.75 Å². The Morgan fingerprint density at radius 1 is 1.63 bits per heavy atom. The zero-order valence-electron chi connectivity index (χ0n) is 13.6. The zero-order chi connectivity index (χ0) is 15.8. The van der Waals surface area contributed by atoms with Crippen LogP contribution in [0.2, 0.25) is 0 Å². The third kappa shape index (κ3) is 4.79. The van der Waals surface area contributed by atoms with E-state index in [1.807, 2.05) is 6.40 Å². The standard InChI is InChI=1S/C17H22O2/c1-4-6-8-14-12-15(9-10-16(14)18)17(19)11-13(3)7-5-2/h2,9-10,12-13,18H,4,6-8,11H2,1,3H3/i2T,11T. The number of phenols is 1. The quantitative estimate of drug-likeness (QED) is 0.596. The SMILES string of the molecule is [3H]C#CCC(C)C([3H])C(=O)c1ccc(O)c(CCCC)c1. The molecule has 0 aliphatic carbocycles. The van der Waals surface area contributed by atoms with Crippen LogP contribution in [0, 0.1) is 18.2 Å². The number of hydrogen-bond donors (Lipinski definition) is 1. The van der Waals surface area contributed by atoms with E-state index >= 15 is 0 Å². The lowest BCUT2D eigenvalue weighted by atomic mass is 9.95. The molecule has 2 heteroatoms. The lowest BCUT2D eigenvalue weighted by Gasteiger charge is -2.09. The number of unbranched alkanes of at least 4 members (excludes halogenated alkanes) is 1. The van der Waals surface area contributed by atoms with Gasteiger partial charge in [0.2, 0.25) is 0 Å². The molecule has 0 aromatic heterocycles. The number of carbonyl (C=O) groups is 1. The fourth-order valence-corrected chi connectivity index (χ4v) is 1.88. The monoisotopic (exact) mass is 262 g/mol. The number of benzene rings is 1. The van der Waals surface area contributed by atoms with Gasteiger partial charge in [-0.2, -0.15) is 0 Å². The molecule has 0 radical (unpaired) electrons. The van der Waals surface area contributed by atoms with Gasteiger partial charge in [-0.1, -0.05) is 20.3 Å². The molecular formula is C17H22O2. The highest BCUT2D eigenvalue weighted by Crippen LogP contribution is 2.22. The molecule has 19 heavy (non-hydrogen) atoms. The van der Waals surface area contributed by atoms with Crippen molar-refractivity contribution in [2.45, 2.75) is 45.9 Å². The van der Waals surface area contributed by atoms with E-state index < -0.39 is 6.40 Å². The summed E-state index contributed by atoms with van der Waals surface area (Å²) in [5.74, 6) is 2.31. The third-order valence-corrected chi connectivity index (χ3v) is 3.02. The van der Waals surface area contributed by atoms with Gasteiger partial charge in [-0.3, -0.25) is 4.79 Å². The van der Waals surface area contributed by atoms with Crippen LogP contribution in [0.1, 0.15) is 58.2 Å². The summed E-state index contributed by atoms with van der Waals surface area (Å²) in [5, 5.41) is 9.81. The van der Waals surface area contributed by atoms with Crippen LogP contribution < -0.4 is 0 Å². The third-order valence-electron chi connectivity index (χ3n) is 3.02. The normalized spacial score (nSPS) is 14.6. The molecule has 2 atom stereocenters. The summed E-state index contributed by atoms with van der Waals surface area (Å²) >= 11 is 0. The van der Waals surface area contributed by atoms with Gasteiger partial charge in [-0.05, 0) is 42.5 Å². The second-order valence-electron chi connectivity index (χ2n) is 4.84. The summed E-state index contributed by atoms with van der Waals surface area (Å²) in [7, 11) is 0. The number of Topliss-reactive ketones (excluding diaryl/α,β-unsaturated/α-hetero) is 1. The summed E-state index contributed by atoms with van der Waals surface area (Å²) in [6, 6.07) is 4.79. The Kier molecular flexibility index (Phi) is 4.94. The minimum absolute atomic E-state index is 0.203. The summed E-state index contributed by atoms with van der Waals surface area (Å²) in [6.07, 6.45) is 4.21. The highest BCUT2D eigenvalue weighted by molar-refractivity contribution is 5.96. The Bertz CT molecular complexity index is 543. The molecule has 2 nitrogen and oxygen atoms in total. The molecule has 0 saturated carbocycles. The first-order chi connectivity index (χ1) is 10.0. The molecule has 0 amide bonds. The molecule has 1 N–H and O–H groups in total. The first kappa shape index (κ1) is 12.3. The van der Waals surface area contributed by atoms with Crippen molar-refractivity contribution in [3.05, 3.63) is 29.3 Å². The van der Waals surface area contributed by atoms with Crippen molar-refractivity contribution in [3.8, 4) is 18.1 Å². The molecule has 0 fully saturated rings. The molecule has 0 aliphatic rings. The fourth-order valence-electron chi connectivity index (χ4n) is 1.88. The van der Waals surface area contributed by atoms with Crippen LogP contribution in [0.25, 0.3) is 0 Å². The maximum absolute atomic E-state index is 12.3. The van der Waals surface area contributed by atoms with E-state index in [0.717, 1.165) is 24.8 Å². The second-order valence-corrected chi connectivity index (χ2v) is 4.84. The van der Waals surface area contributed by atoms with E-state index in [9.17, 15) is 9.90 Å². The maximum Gasteiger partial charge on any atom is 0.163 e. The average molecular weight is 262 g/mol. The van der Waals surface area contributed by atoms with E-state index in [-0.39, 0.29) is 17.5 Å². The van der Waals surface area contributed by atoms with Gasteiger partial charge >= 0.3 is 0 Å². The molecule has 0 heterocycles. The Morgan fingerprint density at radius 3 is 3.11 bits per heavy atom. The molecule has 0 bridgehead atoms. The predicted octanol–water partition coefficient (Wildman–Crippen LogP) is 3.97.